The quantitative estimate of drug-likeness (QED) is 0.526. The van der Waals surface area contributed by atoms with Crippen LogP contribution in [0, 0.1) is 0 Å². The lowest BCUT2D eigenvalue weighted by atomic mass is 10.1. The van der Waals surface area contributed by atoms with E-state index in [9.17, 15) is 4.79 Å². The molecule has 1 N–H and O–H groups in total. The molecule has 2 nitrogen and oxygen atoms in total. The summed E-state index contributed by atoms with van der Waals surface area (Å²) in [6, 6.07) is 0. The van der Waals surface area contributed by atoms with Gasteiger partial charge < -0.3 is 5.32 Å². The molecule has 0 aliphatic carbocycles. The Balaban J connectivity index is 4.24. The summed E-state index contributed by atoms with van der Waals surface area (Å²) in [6.07, 6.45) is 8.84. The minimum absolute atomic E-state index is 0.0583. The van der Waals surface area contributed by atoms with Crippen molar-refractivity contribution in [3.8, 4) is 0 Å². The fourth-order valence-electron chi connectivity index (χ4n) is 1.14. The van der Waals surface area contributed by atoms with E-state index in [0.29, 0.717) is 5.57 Å². The zero-order valence-electron chi connectivity index (χ0n) is 9.97. The summed E-state index contributed by atoms with van der Waals surface area (Å²) in [4.78, 5) is 11.3. The van der Waals surface area contributed by atoms with Crippen LogP contribution in [-0.4, -0.2) is 13.0 Å². The first-order valence-corrected chi connectivity index (χ1v) is 5.40. The average Bonchev–Trinajstić information content (AvgIpc) is 2.26. The van der Waals surface area contributed by atoms with Crippen molar-refractivity contribution in [2.24, 2.45) is 0 Å². The third-order valence-corrected chi connectivity index (χ3v) is 2.15. The molecule has 0 atom stereocenters. The molecule has 0 bridgehead atoms. The molecule has 0 saturated carbocycles. The standard InChI is InChI=1S/C13H21NO/c1-5-7-8-11(3)9-10-12(6-2)13(15)14-4/h6,9-10H,3,5,7-8H2,1-2,4H3,(H,14,15)/b10-9-,12-6+. The SMILES string of the molecule is C=C(/C=C\C(=C/C)C(=O)NC)CCCC. The highest BCUT2D eigenvalue weighted by Gasteiger charge is 2.00. The number of rotatable bonds is 6. The van der Waals surface area contributed by atoms with E-state index in [2.05, 4.69) is 18.8 Å². The van der Waals surface area contributed by atoms with Crippen LogP contribution in [0.25, 0.3) is 0 Å². The van der Waals surface area contributed by atoms with Gasteiger partial charge in [0.05, 0.1) is 0 Å². The van der Waals surface area contributed by atoms with Crippen molar-refractivity contribution < 1.29 is 4.79 Å². The van der Waals surface area contributed by atoms with E-state index in [1.807, 2.05) is 19.1 Å². The average molecular weight is 207 g/mol. The third-order valence-electron chi connectivity index (χ3n) is 2.15. The molecule has 0 rings (SSSR count). The first-order valence-electron chi connectivity index (χ1n) is 5.40. The van der Waals surface area contributed by atoms with Gasteiger partial charge in [-0.2, -0.15) is 0 Å². The van der Waals surface area contributed by atoms with Crippen molar-refractivity contribution in [1.82, 2.24) is 5.32 Å². The summed E-state index contributed by atoms with van der Waals surface area (Å²) >= 11 is 0. The van der Waals surface area contributed by atoms with Gasteiger partial charge in [-0.15, -0.1) is 0 Å². The van der Waals surface area contributed by atoms with E-state index in [-0.39, 0.29) is 5.91 Å². The van der Waals surface area contributed by atoms with E-state index < -0.39 is 0 Å². The van der Waals surface area contributed by atoms with Crippen LogP contribution in [-0.2, 0) is 4.79 Å². The van der Waals surface area contributed by atoms with Gasteiger partial charge in [0.2, 0.25) is 0 Å². The van der Waals surface area contributed by atoms with Crippen molar-refractivity contribution in [3.05, 3.63) is 36.0 Å². The van der Waals surface area contributed by atoms with Crippen LogP contribution in [0.2, 0.25) is 0 Å². The lowest BCUT2D eigenvalue weighted by Gasteiger charge is -2.00. The molecular formula is C13H21NO. The van der Waals surface area contributed by atoms with Crippen LogP contribution in [0.1, 0.15) is 33.1 Å². The molecule has 15 heavy (non-hydrogen) atoms. The van der Waals surface area contributed by atoms with Gasteiger partial charge in [0.15, 0.2) is 0 Å². The Bertz CT molecular complexity index is 274. The molecule has 0 saturated heterocycles. The van der Waals surface area contributed by atoms with Crippen LogP contribution in [0.15, 0.2) is 36.0 Å². The van der Waals surface area contributed by atoms with Crippen LogP contribution in [0.4, 0.5) is 0 Å². The molecule has 0 fully saturated rings. The fourth-order valence-corrected chi connectivity index (χ4v) is 1.14. The number of allylic oxidation sites excluding steroid dienone is 3. The minimum Gasteiger partial charge on any atom is -0.355 e. The van der Waals surface area contributed by atoms with E-state index in [0.717, 1.165) is 18.4 Å². The number of hydrogen-bond acceptors (Lipinski definition) is 1. The van der Waals surface area contributed by atoms with E-state index in [1.165, 1.54) is 6.42 Å². The lowest BCUT2D eigenvalue weighted by Crippen LogP contribution is -2.18. The van der Waals surface area contributed by atoms with E-state index in [4.69, 9.17) is 0 Å². The Kier molecular flexibility index (Phi) is 7.33. The molecule has 0 aliphatic heterocycles. The van der Waals surface area contributed by atoms with Gasteiger partial charge in [0.1, 0.15) is 0 Å². The molecule has 0 unspecified atom stereocenters. The highest BCUT2D eigenvalue weighted by atomic mass is 16.1. The molecule has 0 radical (unpaired) electrons. The summed E-state index contributed by atoms with van der Waals surface area (Å²) in [5.41, 5.74) is 1.75. The Hall–Kier alpha value is -1.31. The van der Waals surface area contributed by atoms with Gasteiger partial charge >= 0.3 is 0 Å². The van der Waals surface area contributed by atoms with Gasteiger partial charge in [-0.05, 0) is 25.8 Å². The van der Waals surface area contributed by atoms with Gasteiger partial charge in [0, 0.05) is 12.6 Å². The van der Waals surface area contributed by atoms with Gasteiger partial charge in [-0.3, -0.25) is 4.79 Å². The first kappa shape index (κ1) is 13.7. The smallest absolute Gasteiger partial charge is 0.250 e. The maximum absolute atomic E-state index is 11.3. The zero-order chi connectivity index (χ0) is 11.7. The third kappa shape index (κ3) is 5.89. The first-order chi connectivity index (χ1) is 7.15. The molecular weight excluding hydrogens is 186 g/mol. The van der Waals surface area contributed by atoms with Crippen LogP contribution in [0.5, 0.6) is 0 Å². The van der Waals surface area contributed by atoms with Crippen LogP contribution in [0.3, 0.4) is 0 Å². The number of carbonyl (C=O) groups excluding carboxylic acids is 1. The molecule has 0 heterocycles. The molecule has 0 aromatic heterocycles. The highest BCUT2D eigenvalue weighted by Crippen LogP contribution is 2.08. The largest absolute Gasteiger partial charge is 0.355 e. The van der Waals surface area contributed by atoms with Gasteiger partial charge in [-0.1, -0.05) is 37.6 Å². The predicted molar refractivity (Wildman–Crippen MR) is 65.6 cm³/mol. The van der Waals surface area contributed by atoms with Crippen molar-refractivity contribution in [2.45, 2.75) is 33.1 Å². The summed E-state index contributed by atoms with van der Waals surface area (Å²) in [6.45, 7) is 7.94. The topological polar surface area (TPSA) is 29.1 Å². The maximum Gasteiger partial charge on any atom is 0.250 e. The Morgan fingerprint density at radius 1 is 1.40 bits per heavy atom. The second-order valence-corrected chi connectivity index (χ2v) is 3.42. The van der Waals surface area contributed by atoms with Crippen LogP contribution >= 0.6 is 0 Å². The summed E-state index contributed by atoms with van der Waals surface area (Å²) in [7, 11) is 1.63. The molecule has 0 spiro atoms. The van der Waals surface area contributed by atoms with Gasteiger partial charge in [0.25, 0.3) is 5.91 Å². The molecule has 2 heteroatoms. The second-order valence-electron chi connectivity index (χ2n) is 3.42. The molecule has 0 aromatic carbocycles. The monoisotopic (exact) mass is 207 g/mol. The fraction of sp³-hybridized carbons (Fsp3) is 0.462. The van der Waals surface area contributed by atoms with E-state index >= 15 is 0 Å². The van der Waals surface area contributed by atoms with E-state index in [1.54, 1.807) is 13.1 Å². The Morgan fingerprint density at radius 2 is 2.07 bits per heavy atom. The number of amides is 1. The maximum atomic E-state index is 11.3. The molecule has 84 valence electrons. The molecule has 0 aliphatic rings. The number of carbonyl (C=O) groups is 1. The Labute approximate surface area is 92.8 Å². The van der Waals surface area contributed by atoms with Crippen molar-refractivity contribution >= 4 is 5.91 Å². The van der Waals surface area contributed by atoms with Crippen molar-refractivity contribution in [3.63, 3.8) is 0 Å². The van der Waals surface area contributed by atoms with Crippen LogP contribution < -0.4 is 5.32 Å². The second kappa shape index (κ2) is 8.04. The van der Waals surface area contributed by atoms with Crippen molar-refractivity contribution in [2.75, 3.05) is 7.05 Å². The summed E-state index contributed by atoms with van der Waals surface area (Å²) < 4.78 is 0. The number of hydrogen-bond donors (Lipinski definition) is 1. The number of nitrogens with one attached hydrogen (secondary N) is 1. The van der Waals surface area contributed by atoms with Gasteiger partial charge in [-0.25, -0.2) is 0 Å². The number of likely N-dealkylation sites (N-methyl/N-ethyl adjacent to an activating group) is 1. The molecule has 0 aromatic rings. The summed E-state index contributed by atoms with van der Waals surface area (Å²) in [5, 5.41) is 2.59. The highest BCUT2D eigenvalue weighted by molar-refractivity contribution is 5.95. The lowest BCUT2D eigenvalue weighted by molar-refractivity contribution is -0.116. The number of unbranched alkanes of at least 4 members (excludes halogenated alkanes) is 1. The van der Waals surface area contributed by atoms with Crippen molar-refractivity contribution in [1.29, 1.82) is 0 Å². The Morgan fingerprint density at radius 3 is 2.53 bits per heavy atom. The zero-order valence-corrected chi connectivity index (χ0v) is 9.97. The normalized spacial score (nSPS) is 11.8. The minimum atomic E-state index is -0.0583. The summed E-state index contributed by atoms with van der Waals surface area (Å²) in [5.74, 6) is -0.0583. The predicted octanol–water partition coefficient (Wildman–Crippen LogP) is 2.98. The molecule has 1 amide bonds.